The van der Waals surface area contributed by atoms with Gasteiger partial charge in [0.15, 0.2) is 0 Å². The zero-order chi connectivity index (χ0) is 14.5. The molecule has 0 spiro atoms. The van der Waals surface area contributed by atoms with Crippen LogP contribution in [0.15, 0.2) is 24.3 Å². The maximum Gasteiger partial charge on any atom is 0.342 e. The van der Waals surface area contributed by atoms with Gasteiger partial charge in [0.2, 0.25) is 0 Å². The summed E-state index contributed by atoms with van der Waals surface area (Å²) in [5.74, 6) is 0.00616. The van der Waals surface area contributed by atoms with Gasteiger partial charge in [0.1, 0.15) is 5.78 Å². The monoisotopic (exact) mass is 306 g/mol. The van der Waals surface area contributed by atoms with Crippen molar-refractivity contribution in [3.05, 3.63) is 39.9 Å². The average Bonchev–Trinajstić information content (AvgIpc) is 2.33. The molecule has 0 saturated carbocycles. The first kappa shape index (κ1) is 16.1. The van der Waals surface area contributed by atoms with Crippen LogP contribution in [-0.2, 0) is 10.3 Å². The summed E-state index contributed by atoms with van der Waals surface area (Å²) in [5.41, 5.74) is 6.29. The zero-order valence-corrected chi connectivity index (χ0v) is 11.7. The van der Waals surface area contributed by atoms with Crippen LogP contribution in [0, 0.1) is 10.1 Å². The molecule has 1 rings (SSSR count). The van der Waals surface area contributed by atoms with Gasteiger partial charge in [-0.2, -0.15) is 11.8 Å². The van der Waals surface area contributed by atoms with E-state index in [2.05, 4.69) is 0 Å². The smallest absolute Gasteiger partial charge is 0.323 e. The molecular weight excluding hydrogens is 291 g/mol. The fourth-order valence-corrected chi connectivity index (χ4v) is 2.91. The lowest BCUT2D eigenvalue weighted by molar-refractivity contribution is -0.384. The number of nitrogens with zero attached hydrogens (tertiary/aromatic N) is 1. The number of nitro benzene ring substituents is 1. The van der Waals surface area contributed by atoms with Gasteiger partial charge < -0.3 is 15.5 Å². The Hall–Kier alpha value is -0.920. The summed E-state index contributed by atoms with van der Waals surface area (Å²) in [7, 11) is -4.20. The first-order valence-electron chi connectivity index (χ1n) is 5.42. The van der Waals surface area contributed by atoms with Crippen molar-refractivity contribution < 1.29 is 19.3 Å². The van der Waals surface area contributed by atoms with Crippen LogP contribution < -0.4 is 5.73 Å². The van der Waals surface area contributed by atoms with E-state index < -0.39 is 18.3 Å². The Kier molecular flexibility index (Phi) is 5.96. The third-order valence-electron chi connectivity index (χ3n) is 2.41. The minimum atomic E-state index is -4.20. The second-order valence-corrected chi connectivity index (χ2v) is 6.87. The van der Waals surface area contributed by atoms with Crippen molar-refractivity contribution in [3.63, 3.8) is 0 Å². The van der Waals surface area contributed by atoms with E-state index in [1.54, 1.807) is 12.1 Å². The fraction of sp³-hybridized carbons (Fsp3) is 0.400. The first-order chi connectivity index (χ1) is 8.80. The lowest BCUT2D eigenvalue weighted by Gasteiger charge is -2.12. The van der Waals surface area contributed by atoms with Crippen molar-refractivity contribution in [2.45, 2.75) is 18.0 Å². The van der Waals surface area contributed by atoms with Crippen molar-refractivity contribution in [1.82, 2.24) is 0 Å². The summed E-state index contributed by atoms with van der Waals surface area (Å²) >= 11 is 1.47. The quantitative estimate of drug-likeness (QED) is 0.303. The van der Waals surface area contributed by atoms with E-state index in [9.17, 15) is 14.7 Å². The number of rotatable bonds is 7. The maximum absolute atomic E-state index is 10.8. The van der Waals surface area contributed by atoms with E-state index in [0.717, 1.165) is 5.56 Å². The second kappa shape index (κ2) is 7.02. The van der Waals surface area contributed by atoms with Crippen LogP contribution in [0.3, 0.4) is 0 Å². The van der Waals surface area contributed by atoms with E-state index in [4.69, 9.17) is 15.5 Å². The number of non-ortho nitro benzene ring substituents is 1. The minimum absolute atomic E-state index is 0.0391. The minimum Gasteiger partial charge on any atom is -0.323 e. The fourth-order valence-electron chi connectivity index (χ4n) is 1.28. The van der Waals surface area contributed by atoms with Crippen molar-refractivity contribution >= 4 is 25.0 Å². The van der Waals surface area contributed by atoms with E-state index >= 15 is 0 Å². The molecule has 1 aromatic carbocycles. The molecule has 7 nitrogen and oxygen atoms in total. The first-order valence-corrected chi connectivity index (χ1v) is 8.26. The third kappa shape index (κ3) is 5.71. The Morgan fingerprint density at radius 2 is 1.95 bits per heavy atom. The molecule has 0 amide bonds. The summed E-state index contributed by atoms with van der Waals surface area (Å²) in [6.07, 6.45) is 0.224. The Morgan fingerprint density at radius 1 is 1.37 bits per heavy atom. The summed E-state index contributed by atoms with van der Waals surface area (Å²) in [6.45, 7) is 0. The molecule has 106 valence electrons. The molecular formula is C10H15N2O5PS. The Morgan fingerprint density at radius 3 is 2.42 bits per heavy atom. The molecule has 0 radical (unpaired) electrons. The van der Waals surface area contributed by atoms with Crippen LogP contribution in [0.4, 0.5) is 5.69 Å². The van der Waals surface area contributed by atoms with Gasteiger partial charge in [-0.1, -0.05) is 12.1 Å². The van der Waals surface area contributed by atoms with E-state index in [0.29, 0.717) is 11.5 Å². The average molecular weight is 306 g/mol. The maximum atomic E-state index is 10.8. The van der Waals surface area contributed by atoms with Gasteiger partial charge in [-0.3, -0.25) is 14.7 Å². The molecule has 0 aliphatic rings. The van der Waals surface area contributed by atoms with Gasteiger partial charge in [0.05, 0.1) is 4.92 Å². The van der Waals surface area contributed by atoms with Gasteiger partial charge in [-0.25, -0.2) is 0 Å². The normalized spacial score (nSPS) is 13.2. The van der Waals surface area contributed by atoms with Gasteiger partial charge in [-0.05, 0) is 17.7 Å². The molecule has 0 bridgehead atoms. The van der Waals surface area contributed by atoms with E-state index in [1.807, 2.05) is 0 Å². The van der Waals surface area contributed by atoms with Crippen LogP contribution in [0.1, 0.15) is 12.0 Å². The Balaban J connectivity index is 2.34. The van der Waals surface area contributed by atoms with Crippen LogP contribution >= 0.6 is 19.4 Å². The molecule has 0 aromatic heterocycles. The van der Waals surface area contributed by atoms with Gasteiger partial charge in [-0.15, -0.1) is 0 Å². The third-order valence-corrected chi connectivity index (χ3v) is 4.59. The molecule has 9 heteroatoms. The van der Waals surface area contributed by atoms with Crippen LogP contribution in [-0.4, -0.2) is 26.2 Å². The number of benzene rings is 1. The molecule has 0 aliphatic heterocycles. The summed E-state index contributed by atoms with van der Waals surface area (Å²) in [4.78, 5) is 27.6. The molecule has 4 N–H and O–H groups in total. The van der Waals surface area contributed by atoms with Crippen molar-refractivity contribution in [2.24, 2.45) is 5.73 Å². The predicted molar refractivity (Wildman–Crippen MR) is 73.9 cm³/mol. The Labute approximate surface area is 114 Å². The molecule has 0 saturated heterocycles. The van der Waals surface area contributed by atoms with Crippen LogP contribution in [0.25, 0.3) is 0 Å². The summed E-state index contributed by atoms with van der Waals surface area (Å²) in [5, 5.41) is 10.5. The predicted octanol–water partition coefficient (Wildman–Crippen LogP) is 1.68. The highest BCUT2D eigenvalue weighted by Crippen LogP contribution is 2.40. The highest BCUT2D eigenvalue weighted by molar-refractivity contribution is 7.98. The standard InChI is InChI=1S/C10H15N2O5PS/c11-10(18(15,16)17)5-6-19-7-8-1-3-9(4-2-8)12(13)14/h1-4,10H,5-7,11H2,(H2,15,16,17). The van der Waals surface area contributed by atoms with Crippen molar-refractivity contribution in [3.8, 4) is 0 Å². The molecule has 0 heterocycles. The molecule has 1 atom stereocenters. The lowest BCUT2D eigenvalue weighted by Crippen LogP contribution is -2.20. The Bertz CT molecular complexity index is 475. The molecule has 0 fully saturated rings. The highest BCUT2D eigenvalue weighted by atomic mass is 32.2. The summed E-state index contributed by atoms with van der Waals surface area (Å²) in [6, 6.07) is 6.18. The van der Waals surface area contributed by atoms with Gasteiger partial charge >= 0.3 is 7.60 Å². The molecule has 1 unspecified atom stereocenters. The number of thioether (sulfide) groups is 1. The SMILES string of the molecule is NC(CCSCc1ccc([N+](=O)[O-])cc1)P(=O)(O)O. The second-order valence-electron chi connectivity index (χ2n) is 3.92. The number of nitrogens with two attached hydrogens (primary N) is 1. The molecule has 19 heavy (non-hydrogen) atoms. The van der Waals surface area contributed by atoms with Gasteiger partial charge in [0.25, 0.3) is 5.69 Å². The largest absolute Gasteiger partial charge is 0.342 e. The van der Waals surface area contributed by atoms with Crippen molar-refractivity contribution in [2.75, 3.05) is 5.75 Å². The zero-order valence-electron chi connectivity index (χ0n) is 10.0. The number of hydrogen-bond donors (Lipinski definition) is 3. The van der Waals surface area contributed by atoms with Gasteiger partial charge in [0, 0.05) is 17.9 Å². The van der Waals surface area contributed by atoms with E-state index in [-0.39, 0.29) is 12.1 Å². The van der Waals surface area contributed by atoms with Crippen LogP contribution in [0.2, 0.25) is 0 Å². The number of hydrogen-bond acceptors (Lipinski definition) is 5. The lowest BCUT2D eigenvalue weighted by atomic mass is 10.2. The van der Waals surface area contributed by atoms with Crippen LogP contribution in [0.5, 0.6) is 0 Å². The molecule has 0 aliphatic carbocycles. The highest BCUT2D eigenvalue weighted by Gasteiger charge is 2.23. The number of nitro groups is 1. The van der Waals surface area contributed by atoms with Crippen molar-refractivity contribution in [1.29, 1.82) is 0 Å². The summed E-state index contributed by atoms with van der Waals surface area (Å²) < 4.78 is 10.8. The topological polar surface area (TPSA) is 127 Å². The van der Waals surface area contributed by atoms with E-state index in [1.165, 1.54) is 23.9 Å². The molecule has 1 aromatic rings.